The Morgan fingerprint density at radius 2 is 2.07 bits per heavy atom. The number of hydrogen-bond donors (Lipinski definition) is 2. The van der Waals surface area contributed by atoms with E-state index < -0.39 is 0 Å². The summed E-state index contributed by atoms with van der Waals surface area (Å²) in [6, 6.07) is 8.05. The molecule has 0 aromatic heterocycles. The van der Waals surface area contributed by atoms with Gasteiger partial charge in [0.2, 0.25) is 5.91 Å². The molecule has 8 heteroatoms. The first-order valence-corrected chi connectivity index (χ1v) is 8.84. The Kier molecular flexibility index (Phi) is 9.31. The van der Waals surface area contributed by atoms with E-state index in [0.29, 0.717) is 19.1 Å². The van der Waals surface area contributed by atoms with Crippen molar-refractivity contribution < 1.29 is 14.3 Å². The number of methoxy groups -OCH3 is 1. The van der Waals surface area contributed by atoms with E-state index in [2.05, 4.69) is 15.6 Å². The number of carbonyl (C=O) groups excluding carboxylic acids is 1. The van der Waals surface area contributed by atoms with Crippen molar-refractivity contribution in [1.29, 1.82) is 0 Å². The van der Waals surface area contributed by atoms with Crippen LogP contribution in [0, 0.1) is 0 Å². The molecule has 1 aliphatic rings. The number of guanidine groups is 1. The summed E-state index contributed by atoms with van der Waals surface area (Å²) >= 11 is 0. The molecule has 2 rings (SSSR count). The molecule has 2 N–H and O–H groups in total. The van der Waals surface area contributed by atoms with E-state index in [1.165, 1.54) is 4.90 Å². The molecule has 0 bridgehead atoms. The minimum Gasteiger partial charge on any atom is -0.493 e. The van der Waals surface area contributed by atoms with Crippen molar-refractivity contribution in [2.24, 2.45) is 4.99 Å². The SMILES string of the molecule is COC(C)(C)CNC(=NCC(=O)N(C)C)NC1CCOc2ccccc21.I. The topological polar surface area (TPSA) is 75.2 Å². The number of nitrogens with zero attached hydrogens (tertiary/aromatic N) is 2. The standard InChI is InChI=1S/C19H30N4O3.HI/c1-19(2,25-5)13-21-18(20-12-17(24)23(3)4)22-15-10-11-26-16-9-7-6-8-14(15)16;/h6-9,15H,10-13H2,1-5H3,(H2,20,21,22);1H. The summed E-state index contributed by atoms with van der Waals surface area (Å²) in [6.07, 6.45) is 0.826. The second kappa shape index (κ2) is 10.7. The largest absolute Gasteiger partial charge is 0.493 e. The van der Waals surface area contributed by atoms with Crippen LogP contribution in [0.15, 0.2) is 29.3 Å². The first kappa shape index (κ1) is 23.5. The van der Waals surface area contributed by atoms with Crippen LogP contribution in [0.5, 0.6) is 5.75 Å². The van der Waals surface area contributed by atoms with Crippen LogP contribution in [0.2, 0.25) is 0 Å². The van der Waals surface area contributed by atoms with Crippen LogP contribution in [0.3, 0.4) is 0 Å². The maximum Gasteiger partial charge on any atom is 0.243 e. The molecular formula is C19H31IN4O3. The van der Waals surface area contributed by atoms with Crippen LogP contribution in [-0.2, 0) is 9.53 Å². The lowest BCUT2D eigenvalue weighted by atomic mass is 10.0. The number of amides is 1. The highest BCUT2D eigenvalue weighted by Gasteiger charge is 2.23. The van der Waals surface area contributed by atoms with E-state index in [-0.39, 0.29) is 48.1 Å². The summed E-state index contributed by atoms with van der Waals surface area (Å²) < 4.78 is 11.2. The van der Waals surface area contributed by atoms with Gasteiger partial charge in [0.25, 0.3) is 0 Å². The monoisotopic (exact) mass is 490 g/mol. The van der Waals surface area contributed by atoms with Crippen LogP contribution >= 0.6 is 24.0 Å². The number of likely N-dealkylation sites (N-methyl/N-ethyl adjacent to an activating group) is 1. The molecule has 27 heavy (non-hydrogen) atoms. The maximum absolute atomic E-state index is 11.9. The van der Waals surface area contributed by atoms with Crippen molar-refractivity contribution in [2.75, 3.05) is 40.9 Å². The summed E-state index contributed by atoms with van der Waals surface area (Å²) in [6.45, 7) is 5.28. The number of benzene rings is 1. The Morgan fingerprint density at radius 1 is 1.37 bits per heavy atom. The van der Waals surface area contributed by atoms with Crippen LogP contribution in [0.25, 0.3) is 0 Å². The predicted molar refractivity (Wildman–Crippen MR) is 118 cm³/mol. The predicted octanol–water partition coefficient (Wildman–Crippen LogP) is 2.18. The molecule has 0 saturated carbocycles. The quantitative estimate of drug-likeness (QED) is 0.364. The number of fused-ring (bicyclic) bond motifs is 1. The lowest BCUT2D eigenvalue weighted by molar-refractivity contribution is -0.127. The zero-order chi connectivity index (χ0) is 19.2. The number of halogens is 1. The Labute approximate surface area is 178 Å². The van der Waals surface area contributed by atoms with Crippen LogP contribution in [-0.4, -0.2) is 63.3 Å². The van der Waals surface area contributed by atoms with Crippen LogP contribution < -0.4 is 15.4 Å². The molecule has 1 aromatic rings. The fourth-order valence-electron chi connectivity index (χ4n) is 2.47. The van der Waals surface area contributed by atoms with Gasteiger partial charge in [-0.3, -0.25) is 4.79 Å². The first-order chi connectivity index (χ1) is 12.3. The Morgan fingerprint density at radius 3 is 2.74 bits per heavy atom. The van der Waals surface area contributed by atoms with Gasteiger partial charge in [-0.25, -0.2) is 4.99 Å². The van der Waals surface area contributed by atoms with Gasteiger partial charge in [0.05, 0.1) is 18.2 Å². The smallest absolute Gasteiger partial charge is 0.243 e. The van der Waals surface area contributed by atoms with E-state index in [9.17, 15) is 4.79 Å². The zero-order valence-corrected chi connectivity index (χ0v) is 19.1. The minimum atomic E-state index is -0.346. The summed E-state index contributed by atoms with van der Waals surface area (Å²) in [4.78, 5) is 17.9. The van der Waals surface area contributed by atoms with E-state index in [0.717, 1.165) is 17.7 Å². The lowest BCUT2D eigenvalue weighted by Gasteiger charge is -2.30. The zero-order valence-electron chi connectivity index (χ0n) is 16.7. The number of ether oxygens (including phenoxy) is 2. The third kappa shape index (κ3) is 7.17. The molecule has 152 valence electrons. The van der Waals surface area contributed by atoms with Gasteiger partial charge in [-0.2, -0.15) is 0 Å². The van der Waals surface area contributed by atoms with Crippen molar-refractivity contribution >= 4 is 35.8 Å². The fourth-order valence-corrected chi connectivity index (χ4v) is 2.47. The molecule has 0 aliphatic carbocycles. The van der Waals surface area contributed by atoms with Crippen LogP contribution in [0.1, 0.15) is 31.9 Å². The van der Waals surface area contributed by atoms with Gasteiger partial charge in [-0.05, 0) is 19.9 Å². The first-order valence-electron chi connectivity index (χ1n) is 8.84. The minimum absolute atomic E-state index is 0. The normalized spacial score (nSPS) is 16.5. The van der Waals surface area contributed by atoms with Gasteiger partial charge >= 0.3 is 0 Å². The number of rotatable bonds is 6. The molecule has 1 heterocycles. The number of nitrogens with one attached hydrogen (secondary N) is 2. The van der Waals surface area contributed by atoms with Gasteiger partial charge in [-0.1, -0.05) is 18.2 Å². The molecule has 1 aromatic carbocycles. The summed E-state index contributed by atoms with van der Waals surface area (Å²) in [5.74, 6) is 1.42. The van der Waals surface area contributed by atoms with E-state index >= 15 is 0 Å². The van der Waals surface area contributed by atoms with Gasteiger partial charge in [0.1, 0.15) is 12.3 Å². The molecule has 0 radical (unpaired) electrons. The lowest BCUT2D eigenvalue weighted by Crippen LogP contribution is -2.47. The molecule has 0 spiro atoms. The van der Waals surface area contributed by atoms with Crippen LogP contribution in [0.4, 0.5) is 0 Å². The fraction of sp³-hybridized carbons (Fsp3) is 0.579. The number of hydrogen-bond acceptors (Lipinski definition) is 4. The van der Waals surface area contributed by atoms with Crippen molar-refractivity contribution in [3.63, 3.8) is 0 Å². The third-order valence-electron chi connectivity index (χ3n) is 4.37. The number of para-hydroxylation sites is 1. The highest BCUT2D eigenvalue weighted by atomic mass is 127. The van der Waals surface area contributed by atoms with E-state index in [1.54, 1.807) is 21.2 Å². The van der Waals surface area contributed by atoms with Crippen molar-refractivity contribution in [3.05, 3.63) is 29.8 Å². The average Bonchev–Trinajstić information content (AvgIpc) is 2.63. The third-order valence-corrected chi connectivity index (χ3v) is 4.37. The second-order valence-corrected chi connectivity index (χ2v) is 7.14. The maximum atomic E-state index is 11.9. The molecule has 1 aliphatic heterocycles. The molecule has 1 atom stereocenters. The summed E-state index contributed by atoms with van der Waals surface area (Å²) in [5.41, 5.74) is 0.750. The Hall–Kier alpha value is -1.55. The molecule has 7 nitrogen and oxygen atoms in total. The van der Waals surface area contributed by atoms with Crippen molar-refractivity contribution in [2.45, 2.75) is 31.9 Å². The molecule has 0 fully saturated rings. The van der Waals surface area contributed by atoms with Gasteiger partial charge in [0, 0.05) is 39.7 Å². The highest BCUT2D eigenvalue weighted by Crippen LogP contribution is 2.31. The van der Waals surface area contributed by atoms with Crippen molar-refractivity contribution in [3.8, 4) is 5.75 Å². The van der Waals surface area contributed by atoms with Gasteiger partial charge in [0.15, 0.2) is 5.96 Å². The molecule has 1 unspecified atom stereocenters. The highest BCUT2D eigenvalue weighted by molar-refractivity contribution is 14.0. The summed E-state index contributed by atoms with van der Waals surface area (Å²) in [5, 5.41) is 6.72. The van der Waals surface area contributed by atoms with Gasteiger partial charge < -0.3 is 25.0 Å². The van der Waals surface area contributed by atoms with E-state index in [4.69, 9.17) is 9.47 Å². The average molecular weight is 490 g/mol. The van der Waals surface area contributed by atoms with E-state index in [1.807, 2.05) is 38.1 Å². The Balaban J connectivity index is 0.00000364. The molecular weight excluding hydrogens is 459 g/mol. The Bertz CT molecular complexity index is 650. The van der Waals surface area contributed by atoms with Crippen molar-refractivity contribution in [1.82, 2.24) is 15.5 Å². The molecule has 1 amide bonds. The number of aliphatic imine (C=N–C) groups is 1. The molecule has 0 saturated heterocycles. The number of carbonyl (C=O) groups is 1. The second-order valence-electron chi connectivity index (χ2n) is 7.14. The summed E-state index contributed by atoms with van der Waals surface area (Å²) in [7, 11) is 5.12. The van der Waals surface area contributed by atoms with Gasteiger partial charge in [-0.15, -0.1) is 24.0 Å².